The van der Waals surface area contributed by atoms with Crippen LogP contribution in [0.1, 0.15) is 60.3 Å². The van der Waals surface area contributed by atoms with E-state index in [2.05, 4.69) is 33.0 Å². The first-order valence-electron chi connectivity index (χ1n) is 7.80. The molecular formula is C16H31NO3. The SMILES string of the molecule is CCOC(=O)C1CCC(O)(CNC(C)C(C)(C)C)CC1. The maximum Gasteiger partial charge on any atom is 0.308 e. The van der Waals surface area contributed by atoms with E-state index in [4.69, 9.17) is 4.74 Å². The lowest BCUT2D eigenvalue weighted by Crippen LogP contribution is -2.49. The van der Waals surface area contributed by atoms with Crippen molar-refractivity contribution >= 4 is 5.97 Å². The molecule has 0 aromatic rings. The first-order valence-corrected chi connectivity index (χ1v) is 7.80. The minimum Gasteiger partial charge on any atom is -0.466 e. The van der Waals surface area contributed by atoms with E-state index in [1.54, 1.807) is 0 Å². The van der Waals surface area contributed by atoms with Gasteiger partial charge in [-0.2, -0.15) is 0 Å². The van der Waals surface area contributed by atoms with Gasteiger partial charge in [0, 0.05) is 12.6 Å². The summed E-state index contributed by atoms with van der Waals surface area (Å²) in [7, 11) is 0. The number of aliphatic hydroxyl groups is 1. The number of hydrogen-bond donors (Lipinski definition) is 2. The monoisotopic (exact) mass is 285 g/mol. The van der Waals surface area contributed by atoms with Crippen molar-refractivity contribution in [1.82, 2.24) is 5.32 Å². The standard InChI is InChI=1S/C16H31NO3/c1-6-20-14(18)13-7-9-16(19,10-8-13)11-17-12(2)15(3,4)5/h12-13,17,19H,6-11H2,1-5H3. The molecule has 1 saturated carbocycles. The summed E-state index contributed by atoms with van der Waals surface area (Å²) in [5.74, 6) is -0.138. The molecule has 1 unspecified atom stereocenters. The molecule has 0 heterocycles. The molecule has 20 heavy (non-hydrogen) atoms. The Morgan fingerprint density at radius 1 is 1.40 bits per heavy atom. The van der Waals surface area contributed by atoms with Crippen molar-refractivity contribution in [1.29, 1.82) is 0 Å². The molecule has 0 aromatic carbocycles. The minimum atomic E-state index is -0.678. The number of esters is 1. The lowest BCUT2D eigenvalue weighted by atomic mass is 9.78. The molecule has 118 valence electrons. The second-order valence-electron chi connectivity index (χ2n) is 7.22. The highest BCUT2D eigenvalue weighted by molar-refractivity contribution is 5.72. The van der Waals surface area contributed by atoms with Crippen LogP contribution in [0.15, 0.2) is 0 Å². The van der Waals surface area contributed by atoms with Crippen LogP contribution < -0.4 is 5.32 Å². The summed E-state index contributed by atoms with van der Waals surface area (Å²) in [6.07, 6.45) is 2.78. The number of hydrogen-bond acceptors (Lipinski definition) is 4. The number of ether oxygens (including phenoxy) is 1. The van der Waals surface area contributed by atoms with E-state index in [9.17, 15) is 9.90 Å². The third kappa shape index (κ3) is 5.06. The summed E-state index contributed by atoms with van der Waals surface area (Å²) in [6.45, 7) is 11.6. The van der Waals surface area contributed by atoms with E-state index in [-0.39, 0.29) is 17.3 Å². The number of nitrogens with one attached hydrogen (secondary N) is 1. The molecule has 1 aliphatic carbocycles. The Balaban J connectivity index is 2.40. The number of rotatable bonds is 5. The Labute approximate surface area is 123 Å². The molecular weight excluding hydrogens is 254 g/mol. The van der Waals surface area contributed by atoms with Crippen molar-refractivity contribution in [2.45, 2.75) is 71.9 Å². The summed E-state index contributed by atoms with van der Waals surface area (Å²) >= 11 is 0. The molecule has 2 N–H and O–H groups in total. The molecule has 0 saturated heterocycles. The highest BCUT2D eigenvalue weighted by Crippen LogP contribution is 2.33. The van der Waals surface area contributed by atoms with Gasteiger partial charge in [0.1, 0.15) is 0 Å². The molecule has 0 amide bonds. The van der Waals surface area contributed by atoms with Gasteiger partial charge in [-0.3, -0.25) is 4.79 Å². The van der Waals surface area contributed by atoms with Gasteiger partial charge in [-0.25, -0.2) is 0 Å². The molecule has 1 rings (SSSR count). The predicted molar refractivity (Wildman–Crippen MR) is 80.5 cm³/mol. The molecule has 1 atom stereocenters. The number of carbonyl (C=O) groups excluding carboxylic acids is 1. The highest BCUT2D eigenvalue weighted by atomic mass is 16.5. The third-order valence-corrected chi connectivity index (χ3v) is 4.57. The first-order chi connectivity index (χ1) is 9.18. The lowest BCUT2D eigenvalue weighted by Gasteiger charge is -2.38. The number of carbonyl (C=O) groups is 1. The molecule has 4 heteroatoms. The van der Waals surface area contributed by atoms with Gasteiger partial charge in [-0.05, 0) is 44.9 Å². The Hall–Kier alpha value is -0.610. The fourth-order valence-corrected chi connectivity index (χ4v) is 2.48. The van der Waals surface area contributed by atoms with E-state index in [0.717, 1.165) is 12.8 Å². The van der Waals surface area contributed by atoms with E-state index < -0.39 is 5.60 Å². The second kappa shape index (κ2) is 6.90. The first kappa shape index (κ1) is 17.4. The quantitative estimate of drug-likeness (QED) is 0.762. The highest BCUT2D eigenvalue weighted by Gasteiger charge is 2.36. The van der Waals surface area contributed by atoms with Gasteiger partial charge < -0.3 is 15.2 Å². The Kier molecular flexibility index (Phi) is 6.02. The zero-order chi connectivity index (χ0) is 15.4. The van der Waals surface area contributed by atoms with E-state index in [0.29, 0.717) is 32.0 Å². The van der Waals surface area contributed by atoms with Gasteiger partial charge in [-0.1, -0.05) is 20.8 Å². The van der Waals surface area contributed by atoms with Crippen LogP contribution in [0.2, 0.25) is 0 Å². The Morgan fingerprint density at radius 2 is 1.95 bits per heavy atom. The van der Waals surface area contributed by atoms with Gasteiger partial charge in [-0.15, -0.1) is 0 Å². The molecule has 0 spiro atoms. The minimum absolute atomic E-state index is 0.0322. The smallest absolute Gasteiger partial charge is 0.308 e. The van der Waals surface area contributed by atoms with E-state index in [1.165, 1.54) is 0 Å². The summed E-state index contributed by atoms with van der Waals surface area (Å²) in [6, 6.07) is 0.342. The fourth-order valence-electron chi connectivity index (χ4n) is 2.48. The molecule has 1 aliphatic rings. The molecule has 0 bridgehead atoms. The maximum atomic E-state index is 11.7. The van der Waals surface area contributed by atoms with Crippen LogP contribution in [0, 0.1) is 11.3 Å². The Morgan fingerprint density at radius 3 is 2.40 bits per heavy atom. The summed E-state index contributed by atoms with van der Waals surface area (Å²) in [5, 5.41) is 14.0. The molecule has 1 fully saturated rings. The average molecular weight is 285 g/mol. The van der Waals surface area contributed by atoms with Crippen molar-refractivity contribution in [2.75, 3.05) is 13.2 Å². The summed E-state index contributed by atoms with van der Waals surface area (Å²) in [4.78, 5) is 11.7. The van der Waals surface area contributed by atoms with Crippen molar-refractivity contribution < 1.29 is 14.6 Å². The van der Waals surface area contributed by atoms with Gasteiger partial charge in [0.25, 0.3) is 0 Å². The maximum absolute atomic E-state index is 11.7. The van der Waals surface area contributed by atoms with Crippen LogP contribution in [-0.4, -0.2) is 35.9 Å². The fraction of sp³-hybridized carbons (Fsp3) is 0.938. The molecule has 0 aromatic heterocycles. The van der Waals surface area contributed by atoms with Crippen LogP contribution >= 0.6 is 0 Å². The van der Waals surface area contributed by atoms with Gasteiger partial charge in [0.2, 0.25) is 0 Å². The topological polar surface area (TPSA) is 58.6 Å². The lowest BCUT2D eigenvalue weighted by molar-refractivity contribution is -0.151. The van der Waals surface area contributed by atoms with Crippen LogP contribution in [0.3, 0.4) is 0 Å². The average Bonchev–Trinajstić information content (AvgIpc) is 2.36. The predicted octanol–water partition coefficient (Wildman–Crippen LogP) is 2.50. The van der Waals surface area contributed by atoms with Crippen molar-refractivity contribution in [3.8, 4) is 0 Å². The largest absolute Gasteiger partial charge is 0.466 e. The van der Waals surface area contributed by atoms with Crippen LogP contribution in [0.5, 0.6) is 0 Å². The Bertz CT molecular complexity index is 314. The van der Waals surface area contributed by atoms with Gasteiger partial charge >= 0.3 is 5.97 Å². The molecule has 0 radical (unpaired) electrons. The second-order valence-corrected chi connectivity index (χ2v) is 7.22. The summed E-state index contributed by atoms with van der Waals surface area (Å²) in [5.41, 5.74) is -0.499. The van der Waals surface area contributed by atoms with Crippen molar-refractivity contribution in [3.05, 3.63) is 0 Å². The third-order valence-electron chi connectivity index (χ3n) is 4.57. The van der Waals surface area contributed by atoms with Crippen molar-refractivity contribution in [2.24, 2.45) is 11.3 Å². The van der Waals surface area contributed by atoms with E-state index >= 15 is 0 Å². The summed E-state index contributed by atoms with van der Waals surface area (Å²) < 4.78 is 5.06. The van der Waals surface area contributed by atoms with Crippen LogP contribution in [0.4, 0.5) is 0 Å². The van der Waals surface area contributed by atoms with Gasteiger partial charge in [0.05, 0.1) is 18.1 Å². The van der Waals surface area contributed by atoms with Crippen LogP contribution in [-0.2, 0) is 9.53 Å². The van der Waals surface area contributed by atoms with Gasteiger partial charge in [0.15, 0.2) is 0 Å². The van der Waals surface area contributed by atoms with Crippen molar-refractivity contribution in [3.63, 3.8) is 0 Å². The van der Waals surface area contributed by atoms with E-state index in [1.807, 2.05) is 6.92 Å². The molecule has 4 nitrogen and oxygen atoms in total. The zero-order valence-electron chi connectivity index (χ0n) is 13.7. The zero-order valence-corrected chi connectivity index (χ0v) is 13.7. The molecule has 0 aliphatic heterocycles. The normalized spacial score (nSPS) is 29.0. The van der Waals surface area contributed by atoms with Crippen LogP contribution in [0.25, 0.3) is 0 Å².